The number of likely N-dealkylation sites (N-methyl/N-ethyl adjacent to an activating group) is 1. The average molecular weight is 485 g/mol. The summed E-state index contributed by atoms with van der Waals surface area (Å²) in [7, 11) is 3.53. The third-order valence-electron chi connectivity index (χ3n) is 4.89. The number of rotatable bonds is 13. The number of esters is 4. The van der Waals surface area contributed by atoms with Crippen molar-refractivity contribution in [3.05, 3.63) is 0 Å². The van der Waals surface area contributed by atoms with Gasteiger partial charge in [0.25, 0.3) is 0 Å². The number of ether oxygens (including phenoxy) is 5. The highest BCUT2D eigenvalue weighted by molar-refractivity contribution is 5.72. The maximum Gasteiger partial charge on any atom is 0.364 e. The lowest BCUT2D eigenvalue weighted by atomic mass is 10.0. The molecule has 4 atom stereocenters. The minimum atomic E-state index is -1.35. The molecule has 0 unspecified atom stereocenters. The summed E-state index contributed by atoms with van der Waals surface area (Å²) in [5, 5.41) is 0. The predicted octanol–water partition coefficient (Wildman–Crippen LogP) is 1.73. The minimum Gasteiger partial charge on any atom is -0.456 e. The molecule has 192 valence electrons. The van der Waals surface area contributed by atoms with Gasteiger partial charge in [0, 0.05) is 19.3 Å². The van der Waals surface area contributed by atoms with Crippen molar-refractivity contribution >= 4 is 23.9 Å². The molecule has 1 fully saturated rings. The molecule has 0 radical (unpaired) electrons. The highest BCUT2D eigenvalue weighted by atomic mass is 16.7. The van der Waals surface area contributed by atoms with E-state index >= 15 is 0 Å². The van der Waals surface area contributed by atoms with Crippen LogP contribution in [-0.4, -0.2) is 86.8 Å². The molecule has 10 heteroatoms. The molecule has 0 aromatic heterocycles. The van der Waals surface area contributed by atoms with Crippen LogP contribution in [-0.2, 0) is 42.9 Å². The summed E-state index contributed by atoms with van der Waals surface area (Å²) in [6.45, 7) is 5.46. The van der Waals surface area contributed by atoms with Crippen LogP contribution in [0.4, 0.5) is 0 Å². The zero-order valence-corrected chi connectivity index (χ0v) is 20.9. The van der Waals surface area contributed by atoms with Crippen molar-refractivity contribution in [3.63, 3.8) is 0 Å². The molecule has 0 aromatic rings. The van der Waals surface area contributed by atoms with E-state index in [0.29, 0.717) is 25.8 Å². The second-order valence-corrected chi connectivity index (χ2v) is 8.83. The molecular weight excluding hydrogens is 446 g/mol. The summed E-state index contributed by atoms with van der Waals surface area (Å²) in [5.41, 5.74) is 0. The number of terminal acetylenes is 1. The van der Waals surface area contributed by atoms with Crippen molar-refractivity contribution in [2.24, 2.45) is 0 Å². The van der Waals surface area contributed by atoms with Crippen LogP contribution >= 0.6 is 0 Å². The van der Waals surface area contributed by atoms with E-state index < -0.39 is 48.5 Å². The Balaban J connectivity index is 3.17. The monoisotopic (exact) mass is 484 g/mol. The van der Waals surface area contributed by atoms with Crippen LogP contribution in [0.3, 0.4) is 0 Å². The number of carbonyl (C=O) groups is 4. The van der Waals surface area contributed by atoms with Gasteiger partial charge in [-0.05, 0) is 25.2 Å². The van der Waals surface area contributed by atoms with Crippen molar-refractivity contribution in [2.75, 3.05) is 33.8 Å². The van der Waals surface area contributed by atoms with Crippen molar-refractivity contribution in [1.82, 2.24) is 0 Å². The molecule has 0 aromatic carbocycles. The Morgan fingerprint density at radius 2 is 1.32 bits per heavy atom. The summed E-state index contributed by atoms with van der Waals surface area (Å²) < 4.78 is 27.9. The summed E-state index contributed by atoms with van der Waals surface area (Å²) in [6.07, 6.45) is 2.47. The fourth-order valence-corrected chi connectivity index (χ4v) is 3.29. The molecule has 1 heterocycles. The Morgan fingerprint density at radius 1 is 0.824 bits per heavy atom. The maximum atomic E-state index is 12.6. The quantitative estimate of drug-likeness (QED) is 0.167. The molecule has 0 aliphatic carbocycles. The van der Waals surface area contributed by atoms with Crippen LogP contribution in [0.1, 0.15) is 59.3 Å². The Bertz CT molecular complexity index is 743. The first-order chi connectivity index (χ1) is 16.1. The van der Waals surface area contributed by atoms with Crippen molar-refractivity contribution in [2.45, 2.75) is 83.9 Å². The summed E-state index contributed by atoms with van der Waals surface area (Å²) in [6, 6.07) is 0. The first-order valence-corrected chi connectivity index (χ1v) is 11.7. The molecule has 34 heavy (non-hydrogen) atoms. The highest BCUT2D eigenvalue weighted by Gasteiger charge is 2.49. The van der Waals surface area contributed by atoms with Gasteiger partial charge in [-0.2, -0.15) is 0 Å². The first-order valence-electron chi connectivity index (χ1n) is 11.7. The number of nitrogens with zero attached hydrogens (tertiary/aromatic N) is 1. The predicted molar refractivity (Wildman–Crippen MR) is 121 cm³/mol. The lowest BCUT2D eigenvalue weighted by molar-refractivity contribution is -0.875. The van der Waals surface area contributed by atoms with Gasteiger partial charge in [-0.15, -0.1) is 6.42 Å². The average Bonchev–Trinajstić information content (AvgIpc) is 2.72. The topological polar surface area (TPSA) is 114 Å². The van der Waals surface area contributed by atoms with Gasteiger partial charge in [0.05, 0.1) is 20.7 Å². The van der Waals surface area contributed by atoms with Crippen LogP contribution < -0.4 is 0 Å². The summed E-state index contributed by atoms with van der Waals surface area (Å²) in [5.74, 6) is 0.215. The molecule has 1 aliphatic rings. The molecule has 1 saturated heterocycles. The van der Waals surface area contributed by atoms with Gasteiger partial charge in [-0.3, -0.25) is 14.4 Å². The van der Waals surface area contributed by atoms with Gasteiger partial charge in [0.15, 0.2) is 18.8 Å². The number of hydrogen-bond donors (Lipinski definition) is 0. The van der Waals surface area contributed by atoms with Crippen LogP contribution in [0.5, 0.6) is 0 Å². The number of hydrogen-bond acceptors (Lipinski definition) is 9. The normalized spacial score (nSPS) is 22.2. The number of carbonyl (C=O) groups excluding carboxylic acids is 4. The fraction of sp³-hybridized carbons (Fsp3) is 0.750. The van der Waals surface area contributed by atoms with Crippen molar-refractivity contribution in [1.29, 1.82) is 0 Å². The molecule has 0 saturated carbocycles. The second kappa shape index (κ2) is 14.6. The second-order valence-electron chi connectivity index (χ2n) is 8.83. The molecular formula is C24H38NO9+. The van der Waals surface area contributed by atoms with E-state index in [2.05, 4.69) is 5.92 Å². The summed E-state index contributed by atoms with van der Waals surface area (Å²) >= 11 is 0. The largest absolute Gasteiger partial charge is 0.456 e. The minimum absolute atomic E-state index is 0.0606. The van der Waals surface area contributed by atoms with Crippen molar-refractivity contribution in [3.8, 4) is 12.3 Å². The van der Waals surface area contributed by atoms with E-state index in [4.69, 9.17) is 30.1 Å². The lowest BCUT2D eigenvalue weighted by Gasteiger charge is -2.40. The van der Waals surface area contributed by atoms with Crippen molar-refractivity contribution < 1.29 is 47.3 Å². The van der Waals surface area contributed by atoms with Crippen LogP contribution in [0.2, 0.25) is 0 Å². The van der Waals surface area contributed by atoms with E-state index in [-0.39, 0.29) is 36.9 Å². The molecule has 0 spiro atoms. The van der Waals surface area contributed by atoms with Crippen LogP contribution in [0.15, 0.2) is 0 Å². The Morgan fingerprint density at radius 3 is 1.82 bits per heavy atom. The molecule has 0 bridgehead atoms. The van der Waals surface area contributed by atoms with Gasteiger partial charge in [-0.25, -0.2) is 4.79 Å². The summed E-state index contributed by atoms with van der Waals surface area (Å²) in [4.78, 5) is 49.5. The standard InChI is InChI=1S/C24H38NO9/c1-7-11-18(26)31-17-16-30-24(34-21(29)15-25(5,6)14-10-4)23(33-20(28)13-9-3)22(17)32-19(27)12-8-2/h4,17,22-24H,7-9,11-16H2,1-3,5-6H3/q+1/t17-,22-,23+,24-/m0/s1. The lowest BCUT2D eigenvalue weighted by Crippen LogP contribution is -2.59. The Kier molecular flexibility index (Phi) is 12.6. The zero-order valence-electron chi connectivity index (χ0n) is 20.9. The van der Waals surface area contributed by atoms with E-state index in [1.54, 1.807) is 21.0 Å². The number of quaternary nitrogens is 1. The SMILES string of the molecule is C#CC[N+](C)(C)CC(=O)O[C@@H]1OC[C@H](OC(=O)CCC)[C@H](OC(=O)CCC)[C@H]1OC(=O)CCC. The van der Waals surface area contributed by atoms with Crippen LogP contribution in [0, 0.1) is 12.3 Å². The van der Waals surface area contributed by atoms with E-state index in [0.717, 1.165) is 0 Å². The fourth-order valence-electron chi connectivity index (χ4n) is 3.29. The molecule has 1 rings (SSSR count). The van der Waals surface area contributed by atoms with E-state index in [1.807, 2.05) is 13.8 Å². The Hall–Kier alpha value is -2.64. The first kappa shape index (κ1) is 29.4. The molecule has 1 aliphatic heterocycles. The third kappa shape index (κ3) is 10.1. The zero-order chi connectivity index (χ0) is 25.7. The third-order valence-corrected chi connectivity index (χ3v) is 4.89. The van der Waals surface area contributed by atoms with Gasteiger partial charge in [0.1, 0.15) is 6.54 Å². The van der Waals surface area contributed by atoms with E-state index in [9.17, 15) is 19.2 Å². The van der Waals surface area contributed by atoms with Gasteiger partial charge in [-0.1, -0.05) is 20.8 Å². The maximum absolute atomic E-state index is 12.6. The highest BCUT2D eigenvalue weighted by Crippen LogP contribution is 2.26. The Labute approximate surface area is 201 Å². The van der Waals surface area contributed by atoms with E-state index in [1.165, 1.54) is 0 Å². The van der Waals surface area contributed by atoms with Gasteiger partial charge >= 0.3 is 23.9 Å². The van der Waals surface area contributed by atoms with Gasteiger partial charge < -0.3 is 28.2 Å². The molecule has 0 amide bonds. The van der Waals surface area contributed by atoms with Gasteiger partial charge in [0.2, 0.25) is 12.4 Å². The smallest absolute Gasteiger partial charge is 0.364 e. The van der Waals surface area contributed by atoms with Crippen LogP contribution in [0.25, 0.3) is 0 Å². The molecule has 0 N–H and O–H groups in total. The molecule has 10 nitrogen and oxygen atoms in total.